The maximum atomic E-state index is 12.7. The van der Waals surface area contributed by atoms with Gasteiger partial charge in [0.15, 0.2) is 11.5 Å². The minimum absolute atomic E-state index is 0.0749. The minimum Gasteiger partial charge on any atom is -0.490 e. The van der Waals surface area contributed by atoms with Crippen LogP contribution in [-0.4, -0.2) is 32.1 Å². The molecule has 3 aromatic carbocycles. The summed E-state index contributed by atoms with van der Waals surface area (Å²) in [5.74, 6) is -0.624. The number of benzene rings is 3. The number of nitro groups is 1. The summed E-state index contributed by atoms with van der Waals surface area (Å²) in [5.41, 5.74) is 2.69. The van der Waals surface area contributed by atoms with Crippen molar-refractivity contribution in [1.29, 1.82) is 0 Å². The van der Waals surface area contributed by atoms with Crippen LogP contribution in [0.25, 0.3) is 0 Å². The van der Waals surface area contributed by atoms with Crippen molar-refractivity contribution >= 4 is 67.1 Å². The zero-order chi connectivity index (χ0) is 26.5. The van der Waals surface area contributed by atoms with Crippen LogP contribution in [0.4, 0.5) is 5.69 Å². The van der Waals surface area contributed by atoms with Gasteiger partial charge < -0.3 is 8.92 Å². The topological polar surface area (TPSA) is 137 Å². The lowest BCUT2D eigenvalue weighted by Crippen LogP contribution is -2.18. The molecule has 10 nitrogen and oxygen atoms in total. The molecule has 0 saturated carbocycles. The predicted octanol–water partition coefficient (Wildman–Crippen LogP) is 5.59. The summed E-state index contributed by atoms with van der Waals surface area (Å²) in [6.45, 7) is 1.88. The molecule has 1 N–H and O–H groups in total. The van der Waals surface area contributed by atoms with Gasteiger partial charge in [0.25, 0.3) is 11.6 Å². The summed E-state index contributed by atoms with van der Waals surface area (Å²) in [7, 11) is -4.34. The van der Waals surface area contributed by atoms with Crippen molar-refractivity contribution < 1.29 is 27.1 Å². The van der Waals surface area contributed by atoms with Gasteiger partial charge >= 0.3 is 10.1 Å². The highest BCUT2D eigenvalue weighted by Crippen LogP contribution is 2.38. The van der Waals surface area contributed by atoms with Crippen LogP contribution < -0.4 is 14.3 Å². The molecule has 0 spiro atoms. The smallest absolute Gasteiger partial charge is 0.339 e. The Morgan fingerprint density at radius 2 is 1.86 bits per heavy atom. The van der Waals surface area contributed by atoms with Gasteiger partial charge in [0.05, 0.1) is 32.8 Å². The molecule has 36 heavy (non-hydrogen) atoms. The Hall–Kier alpha value is -3.19. The Balaban J connectivity index is 1.83. The van der Waals surface area contributed by atoms with Crippen molar-refractivity contribution in [1.82, 2.24) is 5.43 Å². The molecule has 1 amide bonds. The zero-order valence-electron chi connectivity index (χ0n) is 18.3. The predicted molar refractivity (Wildman–Crippen MR) is 138 cm³/mol. The molecule has 0 aliphatic rings. The molecule has 0 bridgehead atoms. The Kier molecular flexibility index (Phi) is 8.90. The number of nitrogens with one attached hydrogen (secondary N) is 1. The van der Waals surface area contributed by atoms with E-state index in [1.54, 1.807) is 6.92 Å². The standard InChI is InChI=1S/C22H16BrCl2N3O7S/c1-2-34-20-10-13(12-26-27-22(29)17-8-3-14(24)11-19(17)25)9-18(23)21(20)35-36(32,33)16-6-4-15(5-7-16)28(30)31/h3-12H,2H2,1H3,(H,27,29)/b26-12-. The molecule has 14 heteroatoms. The van der Waals surface area contributed by atoms with Crippen LogP contribution in [-0.2, 0) is 10.1 Å². The summed E-state index contributed by atoms with van der Waals surface area (Å²) in [4.78, 5) is 22.2. The van der Waals surface area contributed by atoms with Gasteiger partial charge in [-0.25, -0.2) is 5.43 Å². The summed E-state index contributed by atoms with van der Waals surface area (Å²) < 4.78 is 36.5. The second-order valence-electron chi connectivity index (χ2n) is 6.87. The van der Waals surface area contributed by atoms with E-state index in [4.69, 9.17) is 32.1 Å². The highest BCUT2D eigenvalue weighted by Gasteiger charge is 2.23. The largest absolute Gasteiger partial charge is 0.490 e. The third-order valence-corrected chi connectivity index (χ3v) is 6.79. The lowest BCUT2D eigenvalue weighted by atomic mass is 10.2. The van der Waals surface area contributed by atoms with E-state index in [0.717, 1.165) is 24.3 Å². The maximum absolute atomic E-state index is 12.7. The molecular formula is C22H16BrCl2N3O7S. The Bertz CT molecular complexity index is 1450. The molecule has 0 fully saturated rings. The summed E-state index contributed by atoms with van der Waals surface area (Å²) in [6.07, 6.45) is 1.31. The SMILES string of the molecule is CCOc1cc(/C=N\NC(=O)c2ccc(Cl)cc2Cl)cc(Br)c1OS(=O)(=O)c1ccc([N+](=O)[O-])cc1. The molecule has 188 valence electrons. The quantitative estimate of drug-likeness (QED) is 0.143. The molecule has 0 saturated heterocycles. The first-order valence-corrected chi connectivity index (χ1v) is 12.9. The number of amides is 1. The van der Waals surface area contributed by atoms with Crippen molar-refractivity contribution in [2.45, 2.75) is 11.8 Å². The van der Waals surface area contributed by atoms with E-state index in [9.17, 15) is 23.3 Å². The van der Waals surface area contributed by atoms with E-state index in [-0.39, 0.29) is 43.7 Å². The van der Waals surface area contributed by atoms with Gasteiger partial charge in [-0.05, 0) is 70.9 Å². The molecule has 0 radical (unpaired) electrons. The number of carbonyl (C=O) groups excluding carboxylic acids is 1. The third-order valence-electron chi connectivity index (χ3n) is 4.42. The fourth-order valence-corrected chi connectivity index (χ4v) is 4.90. The summed E-state index contributed by atoms with van der Waals surface area (Å²) in [6, 6.07) is 11.6. The second-order valence-corrected chi connectivity index (χ2v) is 10.1. The monoisotopic (exact) mass is 615 g/mol. The van der Waals surface area contributed by atoms with Gasteiger partial charge in [-0.1, -0.05) is 23.2 Å². The minimum atomic E-state index is -4.34. The average molecular weight is 617 g/mol. The van der Waals surface area contributed by atoms with E-state index in [1.807, 2.05) is 0 Å². The van der Waals surface area contributed by atoms with Crippen LogP contribution in [0.2, 0.25) is 10.0 Å². The van der Waals surface area contributed by atoms with Gasteiger partial charge in [-0.15, -0.1) is 0 Å². The van der Waals surface area contributed by atoms with Crippen LogP contribution in [0.1, 0.15) is 22.8 Å². The number of non-ortho nitro benzene ring substituents is 1. The van der Waals surface area contributed by atoms with E-state index in [1.165, 1.54) is 36.5 Å². The number of halogens is 3. The Labute approximate surface area is 224 Å². The van der Waals surface area contributed by atoms with Crippen LogP contribution in [0.3, 0.4) is 0 Å². The van der Waals surface area contributed by atoms with Gasteiger partial charge in [0, 0.05) is 17.2 Å². The number of carbonyl (C=O) groups is 1. The van der Waals surface area contributed by atoms with E-state index in [0.29, 0.717) is 10.6 Å². The number of hydrogen-bond donors (Lipinski definition) is 1. The van der Waals surface area contributed by atoms with E-state index in [2.05, 4.69) is 26.5 Å². The highest BCUT2D eigenvalue weighted by molar-refractivity contribution is 9.10. The lowest BCUT2D eigenvalue weighted by molar-refractivity contribution is -0.384. The normalized spacial score (nSPS) is 11.3. The third kappa shape index (κ3) is 6.72. The van der Waals surface area contributed by atoms with E-state index < -0.39 is 20.9 Å². The number of rotatable bonds is 9. The van der Waals surface area contributed by atoms with Crippen molar-refractivity contribution in [3.63, 3.8) is 0 Å². The first-order chi connectivity index (χ1) is 17.0. The Morgan fingerprint density at radius 3 is 2.47 bits per heavy atom. The van der Waals surface area contributed by atoms with Crippen LogP contribution in [0, 0.1) is 10.1 Å². The zero-order valence-corrected chi connectivity index (χ0v) is 22.2. The average Bonchev–Trinajstić information content (AvgIpc) is 2.81. The van der Waals surface area contributed by atoms with Gasteiger partial charge in [0.1, 0.15) is 4.90 Å². The fraction of sp³-hybridized carbons (Fsp3) is 0.0909. The van der Waals surface area contributed by atoms with Gasteiger partial charge in [-0.3, -0.25) is 14.9 Å². The second kappa shape index (κ2) is 11.7. The van der Waals surface area contributed by atoms with Crippen molar-refractivity contribution in [2.75, 3.05) is 6.61 Å². The molecule has 0 atom stereocenters. The molecule has 3 rings (SSSR count). The molecule has 0 aromatic heterocycles. The van der Waals surface area contributed by atoms with E-state index >= 15 is 0 Å². The van der Waals surface area contributed by atoms with Crippen molar-refractivity contribution in [3.05, 3.63) is 90.4 Å². The van der Waals surface area contributed by atoms with Gasteiger partial charge in [0.2, 0.25) is 0 Å². The number of hydrogen-bond acceptors (Lipinski definition) is 8. The van der Waals surface area contributed by atoms with Crippen LogP contribution in [0.15, 0.2) is 69.1 Å². The van der Waals surface area contributed by atoms with Crippen molar-refractivity contribution in [3.8, 4) is 11.5 Å². The van der Waals surface area contributed by atoms with Crippen LogP contribution >= 0.6 is 39.1 Å². The number of ether oxygens (including phenoxy) is 1. The molecule has 0 aliphatic carbocycles. The first kappa shape index (κ1) is 27.4. The van der Waals surface area contributed by atoms with Gasteiger partial charge in [-0.2, -0.15) is 13.5 Å². The molecule has 0 aliphatic heterocycles. The maximum Gasteiger partial charge on any atom is 0.339 e. The first-order valence-electron chi connectivity index (χ1n) is 9.95. The summed E-state index contributed by atoms with van der Waals surface area (Å²) >= 11 is 15.1. The Morgan fingerprint density at radius 1 is 1.17 bits per heavy atom. The van der Waals surface area contributed by atoms with Crippen LogP contribution in [0.5, 0.6) is 11.5 Å². The highest BCUT2D eigenvalue weighted by atomic mass is 79.9. The lowest BCUT2D eigenvalue weighted by Gasteiger charge is -2.14. The molecular weight excluding hydrogens is 601 g/mol. The molecule has 0 heterocycles. The summed E-state index contributed by atoms with van der Waals surface area (Å²) in [5, 5.41) is 15.2. The molecule has 3 aromatic rings. The molecule has 0 unspecified atom stereocenters. The fourth-order valence-electron chi connectivity index (χ4n) is 2.80. The number of nitrogens with zero attached hydrogens (tertiary/aromatic N) is 2. The number of hydrazone groups is 1. The van der Waals surface area contributed by atoms with Crippen molar-refractivity contribution in [2.24, 2.45) is 5.10 Å². The number of nitro benzene ring substituents is 1.